The SMILES string of the molecule is [C-]#[N+]c1cccc(C(F)(F)F)c1-c1ccc(-n2c3ccccc3c3ccc(-c4c(C)cc(C)cc4C)cc32)c([N+]#[C-])c1-n1c2ccccc2c2ccc(-c3c(C)cc(C)cc3C)cc21. The molecule has 2 aromatic heterocycles. The van der Waals surface area contributed by atoms with Gasteiger partial charge in [0.25, 0.3) is 0 Å². The zero-order chi connectivity index (χ0) is 44.8. The Bertz CT molecular complexity index is 3650. The molecule has 7 heteroatoms. The van der Waals surface area contributed by atoms with E-state index in [1.54, 1.807) is 12.1 Å². The molecular formula is C57H41F3N4. The third kappa shape index (κ3) is 6.19. The number of nitrogens with zero attached hydrogens (tertiary/aromatic N) is 4. The molecule has 0 aliphatic rings. The van der Waals surface area contributed by atoms with Crippen molar-refractivity contribution in [2.75, 3.05) is 0 Å². The van der Waals surface area contributed by atoms with Gasteiger partial charge in [0.1, 0.15) is 0 Å². The van der Waals surface area contributed by atoms with Gasteiger partial charge in [0.2, 0.25) is 5.69 Å². The lowest BCUT2D eigenvalue weighted by Gasteiger charge is -2.23. The molecule has 0 saturated carbocycles. The lowest BCUT2D eigenvalue weighted by molar-refractivity contribution is -0.137. The molecule has 0 saturated heterocycles. The molecule has 64 heavy (non-hydrogen) atoms. The summed E-state index contributed by atoms with van der Waals surface area (Å²) in [6, 6.07) is 44.4. The summed E-state index contributed by atoms with van der Waals surface area (Å²) in [5.41, 5.74) is 13.8. The zero-order valence-corrected chi connectivity index (χ0v) is 36.2. The average Bonchev–Trinajstić information content (AvgIpc) is 3.76. The summed E-state index contributed by atoms with van der Waals surface area (Å²) in [4.78, 5) is 8.00. The van der Waals surface area contributed by atoms with Crippen LogP contribution in [0, 0.1) is 54.7 Å². The number of rotatable bonds is 5. The Balaban J connectivity index is 1.39. The van der Waals surface area contributed by atoms with E-state index in [0.717, 1.165) is 99.7 Å². The minimum Gasteiger partial charge on any atom is -0.319 e. The number of aryl methyl sites for hydroxylation is 6. The molecule has 0 atom stereocenters. The Morgan fingerprint density at radius 1 is 0.453 bits per heavy atom. The minimum atomic E-state index is -4.80. The van der Waals surface area contributed by atoms with Crippen LogP contribution >= 0.6 is 0 Å². The lowest BCUT2D eigenvalue weighted by atomic mass is 9.93. The van der Waals surface area contributed by atoms with Gasteiger partial charge < -0.3 is 9.13 Å². The normalized spacial score (nSPS) is 11.8. The van der Waals surface area contributed by atoms with Crippen molar-refractivity contribution in [3.05, 3.63) is 201 Å². The van der Waals surface area contributed by atoms with E-state index in [0.29, 0.717) is 5.69 Å². The van der Waals surface area contributed by atoms with E-state index >= 15 is 13.2 Å². The maximum absolute atomic E-state index is 15.3. The van der Waals surface area contributed by atoms with Crippen LogP contribution in [-0.4, -0.2) is 9.13 Å². The average molecular weight is 839 g/mol. The van der Waals surface area contributed by atoms with E-state index in [-0.39, 0.29) is 28.2 Å². The van der Waals surface area contributed by atoms with Gasteiger partial charge in [-0.3, -0.25) is 0 Å². The maximum Gasteiger partial charge on any atom is 0.415 e. The van der Waals surface area contributed by atoms with E-state index in [1.807, 2.05) is 47.0 Å². The van der Waals surface area contributed by atoms with Crippen LogP contribution in [0.5, 0.6) is 0 Å². The Labute approximate surface area is 369 Å². The molecule has 0 aliphatic heterocycles. The van der Waals surface area contributed by atoms with Gasteiger partial charge >= 0.3 is 6.18 Å². The van der Waals surface area contributed by atoms with Gasteiger partial charge in [0.15, 0.2) is 5.69 Å². The summed E-state index contributed by atoms with van der Waals surface area (Å²) < 4.78 is 49.9. The molecule has 2 heterocycles. The maximum atomic E-state index is 15.3. The molecule has 0 aliphatic carbocycles. The van der Waals surface area contributed by atoms with Gasteiger partial charge in [-0.25, -0.2) is 9.69 Å². The molecular weight excluding hydrogens is 798 g/mol. The second kappa shape index (κ2) is 14.9. The topological polar surface area (TPSA) is 18.6 Å². The van der Waals surface area contributed by atoms with Crippen LogP contribution in [0.1, 0.15) is 38.9 Å². The van der Waals surface area contributed by atoms with Crippen molar-refractivity contribution in [2.45, 2.75) is 47.7 Å². The van der Waals surface area contributed by atoms with Crippen LogP contribution in [0.25, 0.3) is 98.1 Å². The second-order valence-corrected chi connectivity index (χ2v) is 17.0. The monoisotopic (exact) mass is 838 g/mol. The molecule has 8 aromatic carbocycles. The van der Waals surface area contributed by atoms with Gasteiger partial charge in [-0.2, -0.15) is 13.2 Å². The van der Waals surface area contributed by atoms with Crippen LogP contribution in [0.2, 0.25) is 0 Å². The number of para-hydroxylation sites is 2. The van der Waals surface area contributed by atoms with E-state index in [2.05, 4.69) is 123 Å². The summed E-state index contributed by atoms with van der Waals surface area (Å²) in [7, 11) is 0. The first-order valence-electron chi connectivity index (χ1n) is 21.1. The molecule has 0 unspecified atom stereocenters. The first-order valence-corrected chi connectivity index (χ1v) is 21.1. The van der Waals surface area contributed by atoms with Crippen molar-refractivity contribution in [2.24, 2.45) is 0 Å². The van der Waals surface area contributed by atoms with E-state index < -0.39 is 11.7 Å². The fraction of sp³-hybridized carbons (Fsp3) is 0.123. The van der Waals surface area contributed by atoms with Crippen LogP contribution in [-0.2, 0) is 6.18 Å². The van der Waals surface area contributed by atoms with Crippen LogP contribution < -0.4 is 0 Å². The number of fused-ring (bicyclic) bond motifs is 6. The zero-order valence-electron chi connectivity index (χ0n) is 36.2. The number of aromatic nitrogens is 2. The molecule has 0 radical (unpaired) electrons. The molecule has 10 rings (SSSR count). The highest BCUT2D eigenvalue weighted by atomic mass is 19.4. The highest BCUT2D eigenvalue weighted by Crippen LogP contribution is 2.51. The number of benzene rings is 8. The summed E-state index contributed by atoms with van der Waals surface area (Å²) in [6.07, 6.45) is -4.80. The third-order valence-electron chi connectivity index (χ3n) is 12.7. The van der Waals surface area contributed by atoms with Crippen molar-refractivity contribution in [1.29, 1.82) is 0 Å². The fourth-order valence-corrected chi connectivity index (χ4v) is 10.5. The molecule has 0 N–H and O–H groups in total. The lowest BCUT2D eigenvalue weighted by Crippen LogP contribution is -2.09. The predicted molar refractivity (Wildman–Crippen MR) is 257 cm³/mol. The molecule has 4 nitrogen and oxygen atoms in total. The third-order valence-corrected chi connectivity index (χ3v) is 12.7. The van der Waals surface area contributed by atoms with E-state index in [4.69, 9.17) is 13.1 Å². The largest absolute Gasteiger partial charge is 0.415 e. The predicted octanol–water partition coefficient (Wildman–Crippen LogP) is 16.9. The van der Waals surface area contributed by atoms with E-state index in [9.17, 15) is 0 Å². The fourth-order valence-electron chi connectivity index (χ4n) is 10.5. The Kier molecular flexibility index (Phi) is 9.36. The minimum absolute atomic E-state index is 0.136. The Morgan fingerprint density at radius 2 is 0.938 bits per heavy atom. The molecule has 0 bridgehead atoms. The second-order valence-electron chi connectivity index (χ2n) is 17.0. The van der Waals surface area contributed by atoms with Gasteiger partial charge in [-0.15, -0.1) is 0 Å². The van der Waals surface area contributed by atoms with Crippen LogP contribution in [0.15, 0.2) is 140 Å². The van der Waals surface area contributed by atoms with Gasteiger partial charge in [0, 0.05) is 27.1 Å². The van der Waals surface area contributed by atoms with Gasteiger partial charge in [0.05, 0.1) is 52.1 Å². The van der Waals surface area contributed by atoms with Crippen molar-refractivity contribution in [1.82, 2.24) is 9.13 Å². The summed E-state index contributed by atoms with van der Waals surface area (Å²) in [5.74, 6) is 0. The molecule has 0 fully saturated rings. The Morgan fingerprint density at radius 3 is 1.44 bits per heavy atom. The van der Waals surface area contributed by atoms with E-state index in [1.165, 1.54) is 17.7 Å². The van der Waals surface area contributed by atoms with Gasteiger partial charge in [-0.1, -0.05) is 120 Å². The highest BCUT2D eigenvalue weighted by Gasteiger charge is 2.36. The highest BCUT2D eigenvalue weighted by molar-refractivity contribution is 6.14. The summed E-state index contributed by atoms with van der Waals surface area (Å²) in [6.45, 7) is 29.9. The number of halogens is 3. The smallest absolute Gasteiger partial charge is 0.319 e. The molecule has 10 aromatic rings. The first-order chi connectivity index (χ1) is 30.8. The molecule has 310 valence electrons. The number of alkyl halides is 3. The molecule has 0 spiro atoms. The van der Waals surface area contributed by atoms with Crippen molar-refractivity contribution < 1.29 is 13.2 Å². The van der Waals surface area contributed by atoms with Crippen LogP contribution in [0.4, 0.5) is 24.5 Å². The van der Waals surface area contributed by atoms with Crippen LogP contribution in [0.3, 0.4) is 0 Å². The van der Waals surface area contributed by atoms with Crippen molar-refractivity contribution >= 4 is 55.0 Å². The number of hydrogen-bond acceptors (Lipinski definition) is 0. The summed E-state index contributed by atoms with van der Waals surface area (Å²) in [5, 5.41) is 3.72. The number of hydrogen-bond donors (Lipinski definition) is 0. The standard InChI is InChI=1S/C57H41F3N4/c1-32-26-34(3)52(35(4)27-32)38-20-22-42-40-14-9-11-18-47(40)63(50(42)30-38)49-25-24-44(54-45(57(58,59)60)16-13-17-46(54)61-7)56(55(49)62-8)64-48-19-12-10-15-41(48)43-23-21-39(31-51(43)64)53-36(5)28-33(2)29-37(53)6/h9-31H,1-6H3. The van der Waals surface area contributed by atoms with Crippen molar-refractivity contribution in [3.63, 3.8) is 0 Å². The van der Waals surface area contributed by atoms with Gasteiger partial charge in [-0.05, 0) is 122 Å². The Hall–Kier alpha value is -7.87. The summed E-state index contributed by atoms with van der Waals surface area (Å²) >= 11 is 0. The molecule has 0 amide bonds. The quantitative estimate of drug-likeness (QED) is 0.154. The first kappa shape index (κ1) is 40.2. The van der Waals surface area contributed by atoms with Crippen molar-refractivity contribution in [3.8, 4) is 44.8 Å².